The highest BCUT2D eigenvalue weighted by molar-refractivity contribution is 5.92. The van der Waals surface area contributed by atoms with Crippen molar-refractivity contribution in [2.24, 2.45) is 16.7 Å². The van der Waals surface area contributed by atoms with Crippen LogP contribution in [0.25, 0.3) is 0 Å². The van der Waals surface area contributed by atoms with E-state index in [2.05, 4.69) is 60.6 Å². The van der Waals surface area contributed by atoms with Gasteiger partial charge in [0.1, 0.15) is 0 Å². The first-order chi connectivity index (χ1) is 16.6. The van der Waals surface area contributed by atoms with Gasteiger partial charge in [-0.2, -0.15) is 0 Å². The Morgan fingerprint density at radius 3 is 1.57 bits per heavy atom. The summed E-state index contributed by atoms with van der Waals surface area (Å²) in [5.74, 6) is 0.237. The fraction of sp³-hybridized carbons (Fsp3) is 0.848. The van der Waals surface area contributed by atoms with Gasteiger partial charge in [-0.1, -0.05) is 156 Å². The first-order valence-corrected chi connectivity index (χ1v) is 15.2. The Labute approximate surface area is 219 Å². The summed E-state index contributed by atoms with van der Waals surface area (Å²) in [6, 6.07) is 0. The lowest BCUT2D eigenvalue weighted by Gasteiger charge is -2.36. The minimum absolute atomic E-state index is 0.0805. The van der Waals surface area contributed by atoms with Crippen molar-refractivity contribution in [1.29, 1.82) is 0 Å². The molecule has 0 aromatic carbocycles. The Balaban J connectivity index is 2.10. The molecule has 0 bridgehead atoms. The maximum absolute atomic E-state index is 12.8. The molecule has 0 aliphatic heterocycles. The lowest BCUT2D eigenvalue weighted by atomic mass is 9.69. The van der Waals surface area contributed by atoms with Gasteiger partial charge in [-0.05, 0) is 35.7 Å². The predicted molar refractivity (Wildman–Crippen MR) is 154 cm³/mol. The number of hydrogen-bond acceptors (Lipinski definition) is 2. The van der Waals surface area contributed by atoms with Gasteiger partial charge in [0.2, 0.25) is 0 Å². The van der Waals surface area contributed by atoms with Gasteiger partial charge in [0.25, 0.3) is 0 Å². The maximum atomic E-state index is 12.8. The van der Waals surface area contributed by atoms with Gasteiger partial charge in [-0.15, -0.1) is 0 Å². The van der Waals surface area contributed by atoms with Gasteiger partial charge < -0.3 is 4.74 Å². The van der Waals surface area contributed by atoms with Crippen LogP contribution in [0.4, 0.5) is 0 Å². The molecule has 35 heavy (non-hydrogen) atoms. The van der Waals surface area contributed by atoms with E-state index in [0.717, 1.165) is 24.8 Å². The summed E-state index contributed by atoms with van der Waals surface area (Å²) in [7, 11) is 0. The molecule has 0 saturated heterocycles. The molecule has 2 nitrogen and oxygen atoms in total. The molecule has 1 atom stereocenters. The van der Waals surface area contributed by atoms with E-state index in [9.17, 15) is 4.79 Å². The minimum Gasteiger partial charge on any atom is -0.462 e. The maximum Gasteiger partial charge on any atom is 0.337 e. The molecule has 204 valence electrons. The third kappa shape index (κ3) is 14.9. The van der Waals surface area contributed by atoms with E-state index < -0.39 is 0 Å². The number of unbranched alkanes of at least 4 members (excludes halogenated alkanes) is 15. The van der Waals surface area contributed by atoms with E-state index in [4.69, 9.17) is 4.74 Å². The van der Waals surface area contributed by atoms with E-state index in [1.165, 1.54) is 95.5 Å². The molecule has 0 heterocycles. The molecule has 1 aliphatic rings. The number of hydrogen-bond donors (Lipinski definition) is 0. The van der Waals surface area contributed by atoms with Crippen molar-refractivity contribution < 1.29 is 9.53 Å². The SMILES string of the molecule is CCCCCCCCCCCCCCCCCCOC(=O)C1=CC(C(C)(C)C)CC(C(C)(C)C)=C1. The number of rotatable bonds is 18. The van der Waals surface area contributed by atoms with Crippen molar-refractivity contribution in [2.45, 2.75) is 158 Å². The number of carbonyl (C=O) groups is 1. The van der Waals surface area contributed by atoms with Gasteiger partial charge in [0.05, 0.1) is 12.2 Å². The molecule has 0 radical (unpaired) electrons. The standard InChI is InChI=1S/C33H60O2/c1-8-9-10-11-12-13-14-15-16-17-18-19-20-21-22-23-24-35-31(34)28-25-29(32(2,3)4)27-30(26-28)33(5,6)7/h25-26,29H,8-24,27H2,1-7H3. The molecular formula is C33H60O2. The Bertz CT molecular complexity index is 626. The molecule has 1 aliphatic carbocycles. The quantitative estimate of drug-likeness (QED) is 0.142. The summed E-state index contributed by atoms with van der Waals surface area (Å²) in [5, 5.41) is 0. The summed E-state index contributed by atoms with van der Waals surface area (Å²) in [5.41, 5.74) is 2.34. The Kier molecular flexibility index (Phi) is 15.9. The topological polar surface area (TPSA) is 26.3 Å². The molecule has 0 aromatic heterocycles. The van der Waals surface area contributed by atoms with E-state index in [-0.39, 0.29) is 16.8 Å². The smallest absolute Gasteiger partial charge is 0.337 e. The van der Waals surface area contributed by atoms with Gasteiger partial charge in [-0.25, -0.2) is 4.79 Å². The van der Waals surface area contributed by atoms with Crippen molar-refractivity contribution in [3.8, 4) is 0 Å². The number of allylic oxidation sites excluding steroid dienone is 2. The summed E-state index contributed by atoms with van der Waals surface area (Å²) in [6.07, 6.45) is 27.0. The number of carbonyl (C=O) groups excluding carboxylic acids is 1. The van der Waals surface area contributed by atoms with Gasteiger partial charge in [-0.3, -0.25) is 0 Å². The molecular weight excluding hydrogens is 428 g/mol. The van der Waals surface area contributed by atoms with Crippen LogP contribution in [0.1, 0.15) is 158 Å². The van der Waals surface area contributed by atoms with Crippen LogP contribution in [0, 0.1) is 16.7 Å². The molecule has 0 N–H and O–H groups in total. The first-order valence-electron chi connectivity index (χ1n) is 15.2. The average Bonchev–Trinajstić information content (AvgIpc) is 2.79. The second-order valence-corrected chi connectivity index (χ2v) is 13.2. The van der Waals surface area contributed by atoms with Gasteiger partial charge in [0, 0.05) is 0 Å². The molecule has 0 spiro atoms. The van der Waals surface area contributed by atoms with Crippen LogP contribution in [-0.2, 0) is 9.53 Å². The zero-order valence-electron chi connectivity index (χ0n) is 24.8. The van der Waals surface area contributed by atoms with Gasteiger partial charge in [0.15, 0.2) is 0 Å². The Morgan fingerprint density at radius 1 is 0.743 bits per heavy atom. The van der Waals surface area contributed by atoms with Crippen LogP contribution in [0.15, 0.2) is 23.3 Å². The lowest BCUT2D eigenvalue weighted by molar-refractivity contribution is -0.138. The third-order valence-corrected chi connectivity index (χ3v) is 7.69. The van der Waals surface area contributed by atoms with E-state index in [0.29, 0.717) is 12.5 Å². The van der Waals surface area contributed by atoms with Crippen LogP contribution in [-0.4, -0.2) is 12.6 Å². The van der Waals surface area contributed by atoms with Crippen molar-refractivity contribution in [3.05, 3.63) is 23.3 Å². The van der Waals surface area contributed by atoms with E-state index in [1.54, 1.807) is 0 Å². The Morgan fingerprint density at radius 2 is 1.17 bits per heavy atom. The van der Waals surface area contributed by atoms with Crippen molar-refractivity contribution in [2.75, 3.05) is 6.61 Å². The van der Waals surface area contributed by atoms with Crippen LogP contribution in [0.3, 0.4) is 0 Å². The molecule has 0 amide bonds. The highest BCUT2D eigenvalue weighted by atomic mass is 16.5. The van der Waals surface area contributed by atoms with Crippen LogP contribution < -0.4 is 0 Å². The fourth-order valence-electron chi connectivity index (χ4n) is 4.91. The number of esters is 1. The summed E-state index contributed by atoms with van der Waals surface area (Å²) >= 11 is 0. The molecule has 1 unspecified atom stereocenters. The van der Waals surface area contributed by atoms with Crippen LogP contribution >= 0.6 is 0 Å². The summed E-state index contributed by atoms with van der Waals surface area (Å²) in [4.78, 5) is 12.8. The van der Waals surface area contributed by atoms with Crippen LogP contribution in [0.5, 0.6) is 0 Å². The first kappa shape index (κ1) is 32.0. The monoisotopic (exact) mass is 488 g/mol. The van der Waals surface area contributed by atoms with Crippen molar-refractivity contribution in [3.63, 3.8) is 0 Å². The summed E-state index contributed by atoms with van der Waals surface area (Å²) < 4.78 is 5.67. The normalized spacial score (nSPS) is 16.7. The highest BCUT2D eigenvalue weighted by Gasteiger charge is 2.32. The minimum atomic E-state index is -0.137. The Hall–Kier alpha value is -1.05. The van der Waals surface area contributed by atoms with Gasteiger partial charge >= 0.3 is 5.97 Å². The predicted octanol–water partition coefficient (Wildman–Crippen LogP) is 10.8. The van der Waals surface area contributed by atoms with Crippen molar-refractivity contribution >= 4 is 5.97 Å². The lowest BCUT2D eigenvalue weighted by Crippen LogP contribution is -2.26. The zero-order chi connectivity index (χ0) is 26.2. The largest absolute Gasteiger partial charge is 0.462 e. The molecule has 2 heteroatoms. The highest BCUT2D eigenvalue weighted by Crippen LogP contribution is 2.42. The summed E-state index contributed by atoms with van der Waals surface area (Å²) in [6.45, 7) is 16.3. The fourth-order valence-corrected chi connectivity index (χ4v) is 4.91. The van der Waals surface area contributed by atoms with Crippen molar-refractivity contribution in [1.82, 2.24) is 0 Å². The zero-order valence-corrected chi connectivity index (χ0v) is 24.8. The molecule has 0 aromatic rings. The third-order valence-electron chi connectivity index (χ3n) is 7.69. The number of ether oxygens (including phenoxy) is 1. The molecule has 0 fully saturated rings. The average molecular weight is 489 g/mol. The van der Waals surface area contributed by atoms with Crippen LogP contribution in [0.2, 0.25) is 0 Å². The van der Waals surface area contributed by atoms with E-state index >= 15 is 0 Å². The molecule has 0 saturated carbocycles. The second-order valence-electron chi connectivity index (χ2n) is 13.2. The molecule has 1 rings (SSSR count). The second kappa shape index (κ2) is 17.4. The van der Waals surface area contributed by atoms with E-state index in [1.807, 2.05) is 0 Å².